The van der Waals surface area contributed by atoms with Gasteiger partial charge in [0, 0.05) is 28.1 Å². The Bertz CT molecular complexity index is 1290. The fourth-order valence-electron chi connectivity index (χ4n) is 4.04. The molecule has 2 heterocycles. The van der Waals surface area contributed by atoms with Crippen LogP contribution in [0.15, 0.2) is 54.6 Å². The molecular formula is C27H30N4OS. The number of carbonyl (C=O) groups excluding carboxylic acids is 1. The molecule has 6 heteroatoms. The molecule has 2 aromatic heterocycles. The number of aryl methyl sites for hydroxylation is 1. The van der Waals surface area contributed by atoms with Gasteiger partial charge in [-0.05, 0) is 75.8 Å². The maximum absolute atomic E-state index is 11.6. The zero-order chi connectivity index (χ0) is 23.5. The molecule has 1 N–H and O–H groups in total. The molecule has 4 rings (SSSR count). The molecule has 170 valence electrons. The van der Waals surface area contributed by atoms with Crippen LogP contribution in [0, 0.1) is 6.92 Å². The van der Waals surface area contributed by atoms with Crippen molar-refractivity contribution in [2.24, 2.45) is 0 Å². The molecular weight excluding hydrogens is 428 g/mol. The molecule has 2 aromatic carbocycles. The monoisotopic (exact) mass is 458 g/mol. The molecule has 1 unspecified atom stereocenters. The number of thiophene rings is 1. The van der Waals surface area contributed by atoms with Crippen molar-refractivity contribution in [1.29, 1.82) is 0 Å². The summed E-state index contributed by atoms with van der Waals surface area (Å²) in [5, 5.41) is 4.54. The van der Waals surface area contributed by atoms with Crippen molar-refractivity contribution >= 4 is 33.8 Å². The third-order valence-electron chi connectivity index (χ3n) is 5.50. The number of fused-ring (bicyclic) bond motifs is 1. The number of rotatable bonds is 8. The van der Waals surface area contributed by atoms with Crippen molar-refractivity contribution in [1.82, 2.24) is 14.9 Å². The van der Waals surface area contributed by atoms with E-state index in [1.807, 2.05) is 25.1 Å². The Labute approximate surface area is 199 Å². The Balaban J connectivity index is 1.63. The van der Waals surface area contributed by atoms with Gasteiger partial charge in [0.1, 0.15) is 17.4 Å². The third-order valence-corrected chi connectivity index (χ3v) is 6.80. The number of aromatic nitrogens is 2. The van der Waals surface area contributed by atoms with Gasteiger partial charge >= 0.3 is 0 Å². The van der Waals surface area contributed by atoms with E-state index in [4.69, 9.17) is 4.98 Å². The van der Waals surface area contributed by atoms with Crippen LogP contribution in [0.5, 0.6) is 0 Å². The van der Waals surface area contributed by atoms with Crippen LogP contribution < -0.4 is 5.32 Å². The molecule has 33 heavy (non-hydrogen) atoms. The summed E-state index contributed by atoms with van der Waals surface area (Å²) in [6, 6.07) is 19.1. The first-order valence-electron chi connectivity index (χ1n) is 11.2. The summed E-state index contributed by atoms with van der Waals surface area (Å²) in [6.07, 6.45) is 0.416. The van der Waals surface area contributed by atoms with Gasteiger partial charge in [0.25, 0.3) is 0 Å². The first kappa shape index (κ1) is 23.1. The number of hydrogen-bond acceptors (Lipinski definition) is 6. The van der Waals surface area contributed by atoms with Gasteiger partial charge in [-0.15, -0.1) is 11.3 Å². The Morgan fingerprint density at radius 3 is 2.64 bits per heavy atom. The van der Waals surface area contributed by atoms with Crippen molar-refractivity contribution in [3.05, 3.63) is 76.4 Å². The average molecular weight is 459 g/mol. The van der Waals surface area contributed by atoms with E-state index in [2.05, 4.69) is 72.6 Å². The van der Waals surface area contributed by atoms with Crippen molar-refractivity contribution in [2.75, 3.05) is 19.4 Å². The lowest BCUT2D eigenvalue weighted by Crippen LogP contribution is -2.11. The number of hydrogen-bond donors (Lipinski definition) is 1. The largest absolute Gasteiger partial charge is 0.362 e. The molecule has 0 aliphatic rings. The van der Waals surface area contributed by atoms with Gasteiger partial charge in [-0.25, -0.2) is 9.97 Å². The van der Waals surface area contributed by atoms with E-state index in [-0.39, 0.29) is 11.8 Å². The molecule has 4 aromatic rings. The van der Waals surface area contributed by atoms with Gasteiger partial charge in [0.2, 0.25) is 0 Å². The van der Waals surface area contributed by atoms with Crippen LogP contribution in [-0.2, 0) is 17.8 Å². The molecule has 0 aliphatic heterocycles. The number of Topliss-reactive ketones (excluding diaryl/α,β-unsaturated/α-hetero) is 1. The lowest BCUT2D eigenvalue weighted by molar-refractivity contribution is -0.116. The van der Waals surface area contributed by atoms with E-state index >= 15 is 0 Å². The predicted molar refractivity (Wildman–Crippen MR) is 138 cm³/mol. The van der Waals surface area contributed by atoms with Crippen LogP contribution in [0.3, 0.4) is 0 Å². The van der Waals surface area contributed by atoms with Crippen molar-refractivity contribution in [3.8, 4) is 10.4 Å². The highest BCUT2D eigenvalue weighted by Gasteiger charge is 2.15. The maximum Gasteiger partial charge on any atom is 0.138 e. The Kier molecular flexibility index (Phi) is 6.86. The molecule has 0 bridgehead atoms. The second kappa shape index (κ2) is 9.81. The Morgan fingerprint density at radius 1 is 1.09 bits per heavy atom. The number of nitrogens with one attached hydrogen (secondary N) is 1. The minimum absolute atomic E-state index is 0.0822. The van der Waals surface area contributed by atoms with E-state index in [1.165, 1.54) is 20.9 Å². The van der Waals surface area contributed by atoms with Crippen molar-refractivity contribution in [3.63, 3.8) is 0 Å². The molecule has 5 nitrogen and oxygen atoms in total. The van der Waals surface area contributed by atoms with Crippen molar-refractivity contribution in [2.45, 2.75) is 39.8 Å². The average Bonchev–Trinajstić information content (AvgIpc) is 3.24. The van der Waals surface area contributed by atoms with Gasteiger partial charge < -0.3 is 10.2 Å². The Morgan fingerprint density at radius 2 is 1.88 bits per heavy atom. The molecule has 0 saturated heterocycles. The number of benzene rings is 2. The van der Waals surface area contributed by atoms with E-state index in [9.17, 15) is 4.79 Å². The van der Waals surface area contributed by atoms with E-state index in [1.54, 1.807) is 18.3 Å². The first-order chi connectivity index (χ1) is 15.8. The summed E-state index contributed by atoms with van der Waals surface area (Å²) in [5.74, 6) is 1.67. The van der Waals surface area contributed by atoms with Crippen LogP contribution in [0.25, 0.3) is 21.3 Å². The fourth-order valence-corrected chi connectivity index (χ4v) is 5.12. The summed E-state index contributed by atoms with van der Waals surface area (Å²) >= 11 is 1.81. The van der Waals surface area contributed by atoms with Gasteiger partial charge in [-0.1, -0.05) is 30.3 Å². The zero-order valence-corrected chi connectivity index (χ0v) is 20.7. The van der Waals surface area contributed by atoms with Crippen LogP contribution >= 0.6 is 11.3 Å². The number of ketones is 1. The van der Waals surface area contributed by atoms with E-state index < -0.39 is 0 Å². The molecule has 0 spiro atoms. The number of anilines is 1. The van der Waals surface area contributed by atoms with Gasteiger partial charge in [0.05, 0.1) is 11.6 Å². The number of nitrogens with zero attached hydrogens (tertiary/aromatic N) is 3. The minimum Gasteiger partial charge on any atom is -0.362 e. The zero-order valence-electron chi connectivity index (χ0n) is 19.8. The summed E-state index contributed by atoms with van der Waals surface area (Å²) in [7, 11) is 4.19. The van der Waals surface area contributed by atoms with Gasteiger partial charge in [0.15, 0.2) is 0 Å². The SMILES string of the molecule is CC(=O)Cc1ccc2nc(C)nc(NC(C)c3ccc(-c4ccccc4CN(C)C)s3)c2c1. The maximum atomic E-state index is 11.6. The molecule has 1 atom stereocenters. The summed E-state index contributed by atoms with van der Waals surface area (Å²) in [6.45, 7) is 6.59. The predicted octanol–water partition coefficient (Wildman–Crippen LogP) is 6.03. The minimum atomic E-state index is 0.0822. The highest BCUT2D eigenvalue weighted by Crippen LogP contribution is 2.35. The summed E-state index contributed by atoms with van der Waals surface area (Å²) in [5.41, 5.74) is 4.47. The summed E-state index contributed by atoms with van der Waals surface area (Å²) in [4.78, 5) is 25.6. The van der Waals surface area contributed by atoms with Crippen molar-refractivity contribution < 1.29 is 4.79 Å². The highest BCUT2D eigenvalue weighted by molar-refractivity contribution is 7.15. The van der Waals surface area contributed by atoms with E-state index in [0.717, 1.165) is 34.7 Å². The lowest BCUT2D eigenvalue weighted by Gasteiger charge is -2.16. The van der Waals surface area contributed by atoms with Crippen LogP contribution in [0.4, 0.5) is 5.82 Å². The van der Waals surface area contributed by atoms with Gasteiger partial charge in [-0.3, -0.25) is 4.79 Å². The number of carbonyl (C=O) groups is 1. The molecule has 0 amide bonds. The first-order valence-corrected chi connectivity index (χ1v) is 12.0. The van der Waals surface area contributed by atoms with Crippen LogP contribution in [0.2, 0.25) is 0 Å². The smallest absolute Gasteiger partial charge is 0.138 e. The molecule has 0 fully saturated rings. The van der Waals surface area contributed by atoms with E-state index in [0.29, 0.717) is 6.42 Å². The fraction of sp³-hybridized carbons (Fsp3) is 0.296. The quantitative estimate of drug-likeness (QED) is 0.349. The topological polar surface area (TPSA) is 58.1 Å². The van der Waals surface area contributed by atoms with Gasteiger partial charge in [-0.2, -0.15) is 0 Å². The second-order valence-corrected chi connectivity index (χ2v) is 9.93. The lowest BCUT2D eigenvalue weighted by atomic mass is 10.1. The standard InChI is InChI=1S/C27H30N4OS/c1-17(32)14-20-10-11-24-23(15-20)27(30-19(3)29-24)28-18(2)25-12-13-26(33-25)22-9-7-6-8-21(22)16-31(4)5/h6-13,15,18H,14,16H2,1-5H3,(H,28,29,30). The Hall–Kier alpha value is -3.09. The van der Waals surface area contributed by atoms with Crippen LogP contribution in [-0.4, -0.2) is 34.7 Å². The third kappa shape index (κ3) is 5.46. The summed E-state index contributed by atoms with van der Waals surface area (Å²) < 4.78 is 0. The molecule has 0 radical (unpaired) electrons. The molecule has 0 saturated carbocycles. The second-order valence-electron chi connectivity index (χ2n) is 8.81. The van der Waals surface area contributed by atoms with Crippen LogP contribution in [0.1, 0.15) is 41.7 Å². The normalized spacial score (nSPS) is 12.3. The highest BCUT2D eigenvalue weighted by atomic mass is 32.1. The molecule has 0 aliphatic carbocycles.